The molecule has 3 heterocycles. The maximum atomic E-state index is 6.19. The minimum atomic E-state index is -0.632. The lowest BCUT2D eigenvalue weighted by Gasteiger charge is -2.19. The molecular weight excluding hydrogens is 515 g/mol. The number of nitrogens with zero attached hydrogens (tertiary/aromatic N) is 3. The van der Waals surface area contributed by atoms with Crippen LogP contribution in [0.5, 0.6) is 35.3 Å². The Hall–Kier alpha value is -3.51. The van der Waals surface area contributed by atoms with Crippen LogP contribution in [0.3, 0.4) is 0 Å². The van der Waals surface area contributed by atoms with Crippen molar-refractivity contribution in [2.45, 2.75) is 80.1 Å². The Bertz CT molecular complexity index is 918. The van der Waals surface area contributed by atoms with E-state index in [2.05, 4.69) is 51.4 Å². The van der Waals surface area contributed by atoms with E-state index in [1.54, 1.807) is 0 Å². The molecule has 0 saturated heterocycles. The van der Waals surface area contributed by atoms with Crippen LogP contribution in [0.25, 0.3) is 0 Å². The normalized spacial score (nSPS) is 10.9. The average Bonchev–Trinajstić information content (AvgIpc) is 3.68. The Morgan fingerprint density at radius 1 is 0.425 bits per heavy atom. The third-order valence-corrected chi connectivity index (χ3v) is 5.75. The predicted molar refractivity (Wildman–Crippen MR) is 155 cm³/mol. The number of rotatable bonds is 21. The zero-order valence-corrected chi connectivity index (χ0v) is 24.9. The average molecular weight is 561 g/mol. The number of aromatic nitrogens is 6. The summed E-state index contributed by atoms with van der Waals surface area (Å²) < 4.78 is 37.0. The number of hydrogen-bond donors (Lipinski definition) is 3. The van der Waals surface area contributed by atoms with Crippen LogP contribution in [0, 0.1) is 0 Å². The van der Waals surface area contributed by atoms with Crippen molar-refractivity contribution in [2.24, 2.45) is 0 Å². The van der Waals surface area contributed by atoms with Gasteiger partial charge in [-0.1, -0.05) is 41.5 Å². The van der Waals surface area contributed by atoms with Gasteiger partial charge in [0.25, 0.3) is 6.71 Å². The van der Waals surface area contributed by atoms with Gasteiger partial charge in [-0.2, -0.15) is 0 Å². The van der Waals surface area contributed by atoms with Gasteiger partial charge in [0.2, 0.25) is 35.3 Å². The molecule has 0 spiro atoms. The van der Waals surface area contributed by atoms with Crippen molar-refractivity contribution in [3.63, 3.8) is 0 Å². The molecule has 3 rings (SSSR count). The van der Waals surface area contributed by atoms with Crippen molar-refractivity contribution < 1.29 is 28.4 Å². The van der Waals surface area contributed by atoms with Gasteiger partial charge < -0.3 is 28.4 Å². The summed E-state index contributed by atoms with van der Waals surface area (Å²) >= 11 is 0. The van der Waals surface area contributed by atoms with E-state index in [1.807, 2.05) is 20.8 Å². The molecule has 0 atom stereocenters. The Morgan fingerprint density at radius 2 is 0.675 bits per heavy atom. The van der Waals surface area contributed by atoms with Gasteiger partial charge in [0.15, 0.2) is 0 Å². The van der Waals surface area contributed by atoms with E-state index < -0.39 is 6.71 Å². The van der Waals surface area contributed by atoms with Crippen LogP contribution < -0.4 is 44.8 Å². The number of ether oxygens (including phenoxy) is 6. The smallest absolute Gasteiger partial charge is 0.283 e. The summed E-state index contributed by atoms with van der Waals surface area (Å²) in [5.41, 5.74) is 1.99. The van der Waals surface area contributed by atoms with Gasteiger partial charge in [0, 0.05) is 0 Å². The van der Waals surface area contributed by atoms with Crippen LogP contribution in [-0.4, -0.2) is 76.9 Å². The molecule has 3 aromatic heterocycles. The van der Waals surface area contributed by atoms with Gasteiger partial charge >= 0.3 is 0 Å². The minimum absolute atomic E-state index is 0.408. The van der Waals surface area contributed by atoms with E-state index in [9.17, 15) is 0 Å². The van der Waals surface area contributed by atoms with Gasteiger partial charge in [-0.3, -0.25) is 0 Å². The summed E-state index contributed by atoms with van der Waals surface area (Å²) in [4.78, 5) is 0. The monoisotopic (exact) mass is 560 g/mol. The first kappa shape index (κ1) is 31.0. The lowest BCUT2D eigenvalue weighted by molar-refractivity contribution is 0.304. The second kappa shape index (κ2) is 16.6. The van der Waals surface area contributed by atoms with Crippen molar-refractivity contribution in [2.75, 3.05) is 39.6 Å². The highest BCUT2D eigenvalue weighted by Crippen LogP contribution is 2.25. The third-order valence-electron chi connectivity index (χ3n) is 5.75. The first-order valence-electron chi connectivity index (χ1n) is 14.7. The largest absolute Gasteiger partial charge is 0.478 e. The van der Waals surface area contributed by atoms with Crippen molar-refractivity contribution in [3.8, 4) is 35.3 Å². The topological polar surface area (TPSA) is 141 Å². The molecular formula is C27H45BN6O6. The molecule has 0 aliphatic rings. The Balaban J connectivity index is 2.36. The van der Waals surface area contributed by atoms with E-state index >= 15 is 0 Å². The van der Waals surface area contributed by atoms with Crippen molar-refractivity contribution in [1.82, 2.24) is 30.6 Å². The summed E-state index contributed by atoms with van der Waals surface area (Å²) in [6.45, 7) is 14.6. The summed E-state index contributed by atoms with van der Waals surface area (Å²) in [7, 11) is 0. The molecule has 0 amide bonds. The lowest BCUT2D eigenvalue weighted by Crippen LogP contribution is -2.53. The Labute approximate surface area is 237 Å². The number of H-pyrrole nitrogens is 3. The molecule has 0 bridgehead atoms. The first-order valence-corrected chi connectivity index (χ1v) is 14.7. The molecule has 0 aliphatic heterocycles. The highest BCUT2D eigenvalue weighted by molar-refractivity contribution is 6.98. The molecule has 0 saturated carbocycles. The van der Waals surface area contributed by atoms with E-state index in [1.165, 1.54) is 0 Å². The fraction of sp³-hybridized carbons (Fsp3) is 0.667. The molecule has 0 unspecified atom stereocenters. The maximum Gasteiger partial charge on any atom is 0.283 e. The van der Waals surface area contributed by atoms with Crippen LogP contribution in [0.15, 0.2) is 0 Å². The first-order chi connectivity index (χ1) is 19.6. The molecule has 0 radical (unpaired) electrons. The summed E-state index contributed by atoms with van der Waals surface area (Å²) in [5, 5.41) is 22.7. The molecule has 0 aromatic carbocycles. The highest BCUT2D eigenvalue weighted by Gasteiger charge is 2.43. The number of hydrogen-bond acceptors (Lipinski definition) is 9. The van der Waals surface area contributed by atoms with Crippen LogP contribution in [0.1, 0.15) is 80.1 Å². The summed E-state index contributed by atoms with van der Waals surface area (Å²) in [6.07, 6.45) is 4.88. The van der Waals surface area contributed by atoms with Gasteiger partial charge in [-0.05, 0) is 38.5 Å². The lowest BCUT2D eigenvalue weighted by atomic mass is 9.37. The van der Waals surface area contributed by atoms with Crippen LogP contribution in [0.4, 0.5) is 0 Å². The molecule has 3 N–H and O–H groups in total. The Kier molecular flexibility index (Phi) is 12.8. The number of aromatic amines is 3. The molecule has 40 heavy (non-hydrogen) atoms. The van der Waals surface area contributed by atoms with Gasteiger partial charge in [0.1, 0.15) is 0 Å². The molecule has 0 fully saturated rings. The molecule has 0 aliphatic carbocycles. The standard InChI is InChI=1S/C27H45BN6O6/c1-7-13-35-22-19(23(30-29-22)36-14-8-2)28(20-24(37-15-9-3)31-32-25(20)38-16-10-4)21-26(39-17-11-5)33-34-27(21)40-18-12-6/h7-18H2,1-6H3,(H,29,30)(H,31,32)(H,33,34). The van der Waals surface area contributed by atoms with Crippen molar-refractivity contribution >= 4 is 23.1 Å². The van der Waals surface area contributed by atoms with Crippen molar-refractivity contribution in [3.05, 3.63) is 0 Å². The molecule has 12 nitrogen and oxygen atoms in total. The second-order valence-corrected chi connectivity index (χ2v) is 9.34. The van der Waals surface area contributed by atoms with Gasteiger partial charge in [-0.25, -0.2) is 15.3 Å². The molecule has 222 valence electrons. The maximum absolute atomic E-state index is 6.19. The number of nitrogens with one attached hydrogen (secondary N) is 3. The third kappa shape index (κ3) is 7.57. The predicted octanol–water partition coefficient (Wildman–Crippen LogP) is 3.10. The molecule has 13 heteroatoms. The highest BCUT2D eigenvalue weighted by atomic mass is 16.5. The van der Waals surface area contributed by atoms with Gasteiger partial charge in [-0.15, -0.1) is 15.3 Å². The van der Waals surface area contributed by atoms with E-state index in [4.69, 9.17) is 28.4 Å². The molecule has 3 aromatic rings. The quantitative estimate of drug-likeness (QED) is 0.168. The van der Waals surface area contributed by atoms with E-state index in [0.717, 1.165) is 38.5 Å². The van der Waals surface area contributed by atoms with Crippen LogP contribution >= 0.6 is 0 Å². The summed E-state index contributed by atoms with van der Waals surface area (Å²) in [6, 6.07) is 0. The fourth-order valence-electron chi connectivity index (χ4n) is 4.02. The minimum Gasteiger partial charge on any atom is -0.478 e. The Morgan fingerprint density at radius 3 is 0.925 bits per heavy atom. The second-order valence-electron chi connectivity index (χ2n) is 9.34. The SMILES string of the molecule is CCCOc1n[nH]c(OCCC)c1B(c1c(OCCC)n[nH]c1OCCC)c1c(OCCC)n[nH]c1OCCC. The van der Waals surface area contributed by atoms with Gasteiger partial charge in [0.05, 0.1) is 56.0 Å². The van der Waals surface area contributed by atoms with E-state index in [-0.39, 0.29) is 0 Å². The fourth-order valence-corrected chi connectivity index (χ4v) is 4.02. The van der Waals surface area contributed by atoms with Crippen LogP contribution in [0.2, 0.25) is 0 Å². The summed E-state index contributed by atoms with van der Waals surface area (Å²) in [5.74, 6) is 2.66. The zero-order chi connectivity index (χ0) is 28.7. The van der Waals surface area contributed by atoms with Crippen LogP contribution in [-0.2, 0) is 0 Å². The van der Waals surface area contributed by atoms with Crippen molar-refractivity contribution in [1.29, 1.82) is 0 Å². The zero-order valence-electron chi connectivity index (χ0n) is 24.9. The van der Waals surface area contributed by atoms with E-state index in [0.29, 0.717) is 91.3 Å².